The molecule has 0 aliphatic carbocycles. The molecule has 0 aliphatic rings. The number of aromatic nitrogens is 4. The Kier molecular flexibility index (Phi) is 2.85. The Balaban J connectivity index is 1.46. The summed E-state index contributed by atoms with van der Waals surface area (Å²) in [7, 11) is 0. The molecule has 6 aromatic rings. The highest BCUT2D eigenvalue weighted by Crippen LogP contribution is 2.28. The van der Waals surface area contributed by atoms with E-state index in [9.17, 15) is 0 Å². The number of benzene rings is 2. The highest BCUT2D eigenvalue weighted by molar-refractivity contribution is 5.91. The fraction of sp³-hybridized carbons (Fsp3) is 0. The van der Waals surface area contributed by atoms with Gasteiger partial charge in [-0.05, 0) is 47.3 Å². The number of hydrogen-bond donors (Lipinski definition) is 2. The second-order valence-corrected chi connectivity index (χ2v) is 6.86. The zero-order chi connectivity index (χ0) is 17.8. The Morgan fingerprint density at radius 1 is 0.741 bits per heavy atom. The normalized spacial score (nSPS) is 11.7. The van der Waals surface area contributed by atoms with E-state index in [4.69, 9.17) is 4.98 Å². The van der Waals surface area contributed by atoms with E-state index >= 15 is 0 Å². The molecule has 0 saturated heterocycles. The third-order valence-electron chi connectivity index (χ3n) is 5.14. The van der Waals surface area contributed by atoms with Crippen LogP contribution in [0.3, 0.4) is 0 Å². The number of nitrogens with zero attached hydrogens (tertiary/aromatic N) is 2. The minimum Gasteiger partial charge on any atom is -0.360 e. The van der Waals surface area contributed by atoms with Gasteiger partial charge in [0.15, 0.2) is 0 Å². The Morgan fingerprint density at radius 3 is 2.63 bits per heavy atom. The van der Waals surface area contributed by atoms with Crippen LogP contribution in [0.4, 0.5) is 0 Å². The first kappa shape index (κ1) is 14.4. The standard InChI is InChI=1S/C23H16N4/c1-2-4-19-15(3-1)12-22(25-19)16-5-6-17-13-27(14-18(17)11-16)23-8-7-20-21(26-23)9-10-24-20/h1-14,24-25H. The minimum absolute atomic E-state index is 0.922. The third-order valence-corrected chi connectivity index (χ3v) is 5.14. The molecular formula is C23H16N4. The summed E-state index contributed by atoms with van der Waals surface area (Å²) in [6.07, 6.45) is 6.19. The lowest BCUT2D eigenvalue weighted by Gasteiger charge is -2.01. The summed E-state index contributed by atoms with van der Waals surface area (Å²) in [5.74, 6) is 0.922. The van der Waals surface area contributed by atoms with Crippen LogP contribution in [0.15, 0.2) is 85.3 Å². The van der Waals surface area contributed by atoms with Gasteiger partial charge in [-0.2, -0.15) is 0 Å². The molecule has 4 aromatic heterocycles. The second-order valence-electron chi connectivity index (χ2n) is 6.86. The maximum atomic E-state index is 4.74. The summed E-state index contributed by atoms with van der Waals surface area (Å²) in [6.45, 7) is 0. The monoisotopic (exact) mass is 348 g/mol. The fourth-order valence-corrected chi connectivity index (χ4v) is 3.74. The molecular weight excluding hydrogens is 332 g/mol. The predicted molar refractivity (Wildman–Crippen MR) is 110 cm³/mol. The van der Waals surface area contributed by atoms with Gasteiger partial charge >= 0.3 is 0 Å². The predicted octanol–water partition coefficient (Wildman–Crippen LogP) is 5.66. The Labute approximate surface area is 155 Å². The van der Waals surface area contributed by atoms with Crippen molar-refractivity contribution in [1.29, 1.82) is 0 Å². The van der Waals surface area contributed by atoms with Crippen LogP contribution < -0.4 is 0 Å². The number of para-hydroxylation sites is 1. The second kappa shape index (κ2) is 5.35. The van der Waals surface area contributed by atoms with E-state index < -0.39 is 0 Å². The lowest BCUT2D eigenvalue weighted by molar-refractivity contribution is 1.03. The van der Waals surface area contributed by atoms with E-state index in [-0.39, 0.29) is 0 Å². The molecule has 0 radical (unpaired) electrons. The zero-order valence-electron chi connectivity index (χ0n) is 14.5. The van der Waals surface area contributed by atoms with Crippen LogP contribution in [0, 0.1) is 0 Å². The number of nitrogens with one attached hydrogen (secondary N) is 2. The smallest absolute Gasteiger partial charge is 0.137 e. The zero-order valence-corrected chi connectivity index (χ0v) is 14.5. The van der Waals surface area contributed by atoms with Gasteiger partial charge in [0, 0.05) is 40.6 Å². The molecule has 0 spiro atoms. The van der Waals surface area contributed by atoms with E-state index in [0.717, 1.165) is 28.1 Å². The van der Waals surface area contributed by atoms with Gasteiger partial charge in [0.05, 0.1) is 11.0 Å². The number of aromatic amines is 2. The topological polar surface area (TPSA) is 49.4 Å². The summed E-state index contributed by atoms with van der Waals surface area (Å²) in [4.78, 5) is 11.4. The van der Waals surface area contributed by atoms with Crippen molar-refractivity contribution >= 4 is 32.7 Å². The van der Waals surface area contributed by atoms with Gasteiger partial charge in [-0.3, -0.25) is 0 Å². The van der Waals surface area contributed by atoms with Crippen LogP contribution in [0.2, 0.25) is 0 Å². The lowest BCUT2D eigenvalue weighted by Crippen LogP contribution is -1.92. The lowest BCUT2D eigenvalue weighted by atomic mass is 10.1. The van der Waals surface area contributed by atoms with Crippen molar-refractivity contribution in [2.24, 2.45) is 0 Å². The van der Waals surface area contributed by atoms with Crippen LogP contribution in [0.25, 0.3) is 49.8 Å². The molecule has 0 amide bonds. The fourth-order valence-electron chi connectivity index (χ4n) is 3.74. The molecule has 2 N–H and O–H groups in total. The SMILES string of the molecule is c1ccc2[nH]c(-c3ccc4cn(-c5ccc6[nH]ccc6n5)cc4c3)cc2c1. The molecule has 27 heavy (non-hydrogen) atoms. The first-order chi connectivity index (χ1) is 13.3. The molecule has 4 heterocycles. The van der Waals surface area contributed by atoms with Gasteiger partial charge in [0.25, 0.3) is 0 Å². The highest BCUT2D eigenvalue weighted by Gasteiger charge is 2.07. The van der Waals surface area contributed by atoms with E-state index in [2.05, 4.69) is 81.5 Å². The van der Waals surface area contributed by atoms with Gasteiger partial charge in [0.2, 0.25) is 0 Å². The first-order valence-corrected chi connectivity index (χ1v) is 8.98. The van der Waals surface area contributed by atoms with Crippen molar-refractivity contribution in [1.82, 2.24) is 19.5 Å². The molecule has 0 aliphatic heterocycles. The number of fused-ring (bicyclic) bond motifs is 3. The summed E-state index contributed by atoms with van der Waals surface area (Å²) in [6, 6.07) is 23.2. The maximum Gasteiger partial charge on any atom is 0.137 e. The van der Waals surface area contributed by atoms with Gasteiger partial charge < -0.3 is 14.5 Å². The molecule has 0 saturated carbocycles. The van der Waals surface area contributed by atoms with Crippen LogP contribution in [0.5, 0.6) is 0 Å². The van der Waals surface area contributed by atoms with Crippen molar-refractivity contribution in [2.75, 3.05) is 0 Å². The van der Waals surface area contributed by atoms with E-state index in [1.165, 1.54) is 21.7 Å². The summed E-state index contributed by atoms with van der Waals surface area (Å²) < 4.78 is 2.09. The van der Waals surface area contributed by atoms with Gasteiger partial charge in [-0.15, -0.1) is 0 Å². The first-order valence-electron chi connectivity index (χ1n) is 8.98. The Morgan fingerprint density at radius 2 is 1.67 bits per heavy atom. The number of rotatable bonds is 2. The van der Waals surface area contributed by atoms with Crippen LogP contribution in [-0.4, -0.2) is 19.5 Å². The largest absolute Gasteiger partial charge is 0.360 e. The van der Waals surface area contributed by atoms with Crippen molar-refractivity contribution in [3.8, 4) is 17.1 Å². The number of hydrogen-bond acceptors (Lipinski definition) is 1. The molecule has 0 bridgehead atoms. The summed E-state index contributed by atoms with van der Waals surface area (Å²) >= 11 is 0. The summed E-state index contributed by atoms with van der Waals surface area (Å²) in [5.41, 5.74) is 5.51. The molecule has 0 fully saturated rings. The molecule has 4 heteroatoms. The molecule has 6 rings (SSSR count). The number of H-pyrrole nitrogens is 2. The minimum atomic E-state index is 0.922. The third kappa shape index (κ3) is 2.27. The average Bonchev–Trinajstić information content (AvgIpc) is 3.42. The van der Waals surface area contributed by atoms with Crippen molar-refractivity contribution < 1.29 is 0 Å². The average molecular weight is 348 g/mol. The molecule has 0 atom stereocenters. The van der Waals surface area contributed by atoms with Crippen LogP contribution >= 0.6 is 0 Å². The Hall–Kier alpha value is -3.79. The van der Waals surface area contributed by atoms with Crippen molar-refractivity contribution in [2.45, 2.75) is 0 Å². The molecule has 128 valence electrons. The molecule has 0 unspecified atom stereocenters. The quantitative estimate of drug-likeness (QED) is 0.417. The summed E-state index contributed by atoms with van der Waals surface area (Å²) in [5, 5.41) is 3.63. The van der Waals surface area contributed by atoms with Gasteiger partial charge in [-0.25, -0.2) is 4.98 Å². The molecule has 2 aromatic carbocycles. The Bertz CT molecular complexity index is 1400. The van der Waals surface area contributed by atoms with E-state index in [1.54, 1.807) is 0 Å². The van der Waals surface area contributed by atoms with E-state index in [1.807, 2.05) is 18.3 Å². The van der Waals surface area contributed by atoms with Crippen molar-refractivity contribution in [3.05, 3.63) is 85.3 Å². The van der Waals surface area contributed by atoms with Gasteiger partial charge in [-0.1, -0.05) is 30.3 Å². The highest BCUT2D eigenvalue weighted by atomic mass is 15.0. The maximum absolute atomic E-state index is 4.74. The van der Waals surface area contributed by atoms with Gasteiger partial charge in [0.1, 0.15) is 5.82 Å². The van der Waals surface area contributed by atoms with Crippen molar-refractivity contribution in [3.63, 3.8) is 0 Å². The van der Waals surface area contributed by atoms with E-state index in [0.29, 0.717) is 0 Å². The number of pyridine rings is 1. The van der Waals surface area contributed by atoms with Crippen LogP contribution in [-0.2, 0) is 0 Å². The van der Waals surface area contributed by atoms with Crippen LogP contribution in [0.1, 0.15) is 0 Å². The molecule has 4 nitrogen and oxygen atoms in total.